The molecule has 3 heterocycles. The number of benzene rings is 8. The monoisotopic (exact) mass is 656 g/mol. The van der Waals surface area contributed by atoms with Crippen LogP contribution in [0.25, 0.3) is 114 Å². The van der Waals surface area contributed by atoms with Gasteiger partial charge in [-0.25, -0.2) is 9.97 Å². The highest BCUT2D eigenvalue weighted by atomic mass is 32.1. The van der Waals surface area contributed by atoms with E-state index in [2.05, 4.69) is 89.5 Å². The number of thiophene rings is 1. The van der Waals surface area contributed by atoms with Crippen LogP contribution in [0.15, 0.2) is 152 Å². The summed E-state index contributed by atoms with van der Waals surface area (Å²) >= 11 is 1.75. The first-order valence-corrected chi connectivity index (χ1v) is 17.4. The van der Waals surface area contributed by atoms with Crippen LogP contribution in [0.5, 0.6) is 0 Å². The zero-order chi connectivity index (χ0) is 36.9. The lowest BCUT2D eigenvalue weighted by molar-refractivity contribution is 1.08. The van der Waals surface area contributed by atoms with Crippen molar-refractivity contribution in [1.82, 2.24) is 14.5 Å². The molecule has 0 radical (unpaired) electrons. The number of rotatable bonds is 2. The van der Waals surface area contributed by atoms with Gasteiger partial charge in [0, 0.05) is 47.5 Å². The first kappa shape index (κ1) is 22.3. The van der Waals surface area contributed by atoms with E-state index in [1.165, 1.54) is 21.0 Å². The molecule has 4 heteroatoms. The maximum atomic E-state index is 9.14. The number of hydrogen-bond acceptors (Lipinski definition) is 3. The Kier molecular flexibility index (Phi) is 4.29. The Morgan fingerprint density at radius 1 is 0.540 bits per heavy atom. The molecule has 0 aliphatic heterocycles. The van der Waals surface area contributed by atoms with Gasteiger partial charge in [0.15, 0.2) is 5.82 Å². The predicted octanol–water partition coefficient (Wildman–Crippen LogP) is 12.7. The Hall–Kier alpha value is -6.36. The number of aromatic nitrogens is 3. The van der Waals surface area contributed by atoms with E-state index in [1.807, 2.05) is 36.4 Å². The zero-order valence-corrected chi connectivity index (χ0v) is 27.1. The van der Waals surface area contributed by atoms with Crippen LogP contribution in [0.1, 0.15) is 6.85 Å². The molecule has 3 nitrogen and oxygen atoms in total. The van der Waals surface area contributed by atoms with E-state index in [9.17, 15) is 0 Å². The van der Waals surface area contributed by atoms with Gasteiger partial charge in [0.1, 0.15) is 5.69 Å². The van der Waals surface area contributed by atoms with Crippen molar-refractivity contribution in [3.63, 3.8) is 0 Å². The molecule has 0 saturated heterocycles. The van der Waals surface area contributed by atoms with Gasteiger partial charge in [-0.05, 0) is 57.1 Å². The second-order valence-corrected chi connectivity index (χ2v) is 14.0. The highest BCUT2D eigenvalue weighted by Gasteiger charge is 2.29. The summed E-state index contributed by atoms with van der Waals surface area (Å²) in [6.45, 7) is 0. The highest BCUT2D eigenvalue weighted by Crippen LogP contribution is 2.54. The summed E-state index contributed by atoms with van der Waals surface area (Å²) in [6, 6.07) is 40.3. The van der Waals surface area contributed by atoms with Gasteiger partial charge in [-0.15, -0.1) is 11.3 Å². The third-order valence-electron chi connectivity index (χ3n) is 10.4. The average molecular weight is 657 g/mol. The predicted molar refractivity (Wildman–Crippen MR) is 212 cm³/mol. The third kappa shape index (κ3) is 3.38. The van der Waals surface area contributed by atoms with Gasteiger partial charge in [-0.3, -0.25) is 4.57 Å². The lowest BCUT2D eigenvalue weighted by atomic mass is 9.91. The molecule has 12 rings (SSSR count). The van der Waals surface area contributed by atoms with Crippen LogP contribution in [0.3, 0.4) is 0 Å². The molecule has 0 spiro atoms. The van der Waals surface area contributed by atoms with Gasteiger partial charge in [0.2, 0.25) is 0 Å². The smallest absolute Gasteiger partial charge is 0.165 e. The van der Waals surface area contributed by atoms with Crippen LogP contribution in [0.4, 0.5) is 0 Å². The molecule has 1 aliphatic carbocycles. The van der Waals surface area contributed by atoms with Crippen LogP contribution >= 0.6 is 11.3 Å². The fraction of sp³-hybridized carbons (Fsp3) is 0. The Bertz CT molecular complexity index is 3540. The standard InChI is InChI=1S/C46H25N3S/c1-2-12-28(13-3-1)44-46(48-45-29-15-5-4-11-26(29)21-23-34(45)47-44)49-35-24-22-27-14-10-19-31-30-16-6-7-17-32(30)41-40-33-18-8-9-20-37(33)50-38(40)25-36(49)43(41)42(35)39(27)31/h1-25H/i1D,2D,3D,12D,13D. The van der Waals surface area contributed by atoms with Crippen molar-refractivity contribution in [3.8, 4) is 39.3 Å². The molecule has 230 valence electrons. The molecule has 0 atom stereocenters. The molecule has 3 aromatic heterocycles. The number of fused-ring (bicyclic) bond motifs is 10. The van der Waals surface area contributed by atoms with Gasteiger partial charge < -0.3 is 0 Å². The minimum absolute atomic E-state index is 0.0145. The largest absolute Gasteiger partial charge is 0.292 e. The summed E-state index contributed by atoms with van der Waals surface area (Å²) in [4.78, 5) is 10.7. The summed E-state index contributed by atoms with van der Waals surface area (Å²) in [5, 5.41) is 8.73. The molecular formula is C46H25N3S. The van der Waals surface area contributed by atoms with Crippen molar-refractivity contribution in [2.75, 3.05) is 0 Å². The molecule has 8 aromatic carbocycles. The number of hydrogen-bond donors (Lipinski definition) is 0. The van der Waals surface area contributed by atoms with Crippen molar-refractivity contribution in [3.05, 3.63) is 152 Å². The van der Waals surface area contributed by atoms with Gasteiger partial charge in [-0.1, -0.05) is 127 Å². The fourth-order valence-corrected chi connectivity index (χ4v) is 9.52. The average Bonchev–Trinajstić information content (AvgIpc) is 3.72. The van der Waals surface area contributed by atoms with E-state index >= 15 is 0 Å². The van der Waals surface area contributed by atoms with Crippen LogP contribution < -0.4 is 0 Å². The van der Waals surface area contributed by atoms with Crippen LogP contribution in [-0.2, 0) is 0 Å². The molecule has 11 aromatic rings. The molecular weight excluding hydrogens is 627 g/mol. The van der Waals surface area contributed by atoms with E-state index in [0.29, 0.717) is 16.9 Å². The van der Waals surface area contributed by atoms with E-state index in [1.54, 1.807) is 11.3 Å². The summed E-state index contributed by atoms with van der Waals surface area (Å²) in [6.07, 6.45) is 0. The topological polar surface area (TPSA) is 30.7 Å². The Labute approximate surface area is 297 Å². The van der Waals surface area contributed by atoms with Crippen molar-refractivity contribution < 1.29 is 6.85 Å². The Morgan fingerprint density at radius 2 is 1.30 bits per heavy atom. The highest BCUT2D eigenvalue weighted by molar-refractivity contribution is 7.26. The summed E-state index contributed by atoms with van der Waals surface area (Å²) < 4.78 is 48.5. The molecule has 50 heavy (non-hydrogen) atoms. The maximum Gasteiger partial charge on any atom is 0.165 e. The summed E-state index contributed by atoms with van der Waals surface area (Å²) in [5.41, 5.74) is 7.89. The van der Waals surface area contributed by atoms with Crippen molar-refractivity contribution >= 4 is 85.9 Å². The second-order valence-electron chi connectivity index (χ2n) is 12.9. The van der Waals surface area contributed by atoms with Crippen LogP contribution in [0.2, 0.25) is 0 Å². The SMILES string of the molecule is [2H]c1c([2H])c([2H])c(-c2nc3ccc4ccccc4c3nc2-n2c3cc4sc5ccccc5c4c4c3c3c5c(cccc5ccc32)-c2ccccc2-4)c([2H])c1[2H]. The van der Waals surface area contributed by atoms with E-state index in [4.69, 9.17) is 16.8 Å². The van der Waals surface area contributed by atoms with Gasteiger partial charge in [0.05, 0.1) is 28.9 Å². The summed E-state index contributed by atoms with van der Waals surface area (Å²) in [7, 11) is 0. The van der Waals surface area contributed by atoms with E-state index < -0.39 is 18.1 Å². The first-order valence-electron chi connectivity index (χ1n) is 19.1. The maximum absolute atomic E-state index is 9.14. The van der Waals surface area contributed by atoms with Gasteiger partial charge >= 0.3 is 0 Å². The van der Waals surface area contributed by atoms with Crippen LogP contribution in [0, 0.1) is 0 Å². The number of nitrogens with zero attached hydrogens (tertiary/aromatic N) is 3. The Morgan fingerprint density at radius 3 is 2.22 bits per heavy atom. The normalized spacial score (nSPS) is 13.8. The zero-order valence-electron chi connectivity index (χ0n) is 31.3. The molecule has 0 saturated carbocycles. The second kappa shape index (κ2) is 9.63. The molecule has 0 fully saturated rings. The third-order valence-corrected chi connectivity index (χ3v) is 11.5. The minimum Gasteiger partial charge on any atom is -0.292 e. The molecule has 0 amide bonds. The van der Waals surface area contributed by atoms with Crippen molar-refractivity contribution in [1.29, 1.82) is 0 Å². The minimum atomic E-state index is -0.450. The first-order chi connectivity index (χ1) is 26.9. The van der Waals surface area contributed by atoms with Crippen molar-refractivity contribution in [2.45, 2.75) is 0 Å². The Balaban J connectivity index is 1.37. The summed E-state index contributed by atoms with van der Waals surface area (Å²) in [5.74, 6) is 0.402. The van der Waals surface area contributed by atoms with E-state index in [-0.39, 0.29) is 23.3 Å². The van der Waals surface area contributed by atoms with Crippen LogP contribution in [-0.4, -0.2) is 14.5 Å². The molecule has 0 N–H and O–H groups in total. The quantitative estimate of drug-likeness (QED) is 0.173. The lowest BCUT2D eigenvalue weighted by Gasteiger charge is -2.17. The molecule has 0 bridgehead atoms. The molecule has 1 aliphatic rings. The van der Waals surface area contributed by atoms with E-state index in [0.717, 1.165) is 64.7 Å². The van der Waals surface area contributed by atoms with Crippen molar-refractivity contribution in [2.24, 2.45) is 0 Å². The molecule has 0 unspecified atom stereocenters. The van der Waals surface area contributed by atoms with Gasteiger partial charge in [-0.2, -0.15) is 0 Å². The fourth-order valence-electron chi connectivity index (χ4n) is 8.37. The lowest BCUT2D eigenvalue weighted by Crippen LogP contribution is -2.04. The van der Waals surface area contributed by atoms with Gasteiger partial charge in [0.25, 0.3) is 0 Å².